The summed E-state index contributed by atoms with van der Waals surface area (Å²) in [7, 11) is -3.32. The summed E-state index contributed by atoms with van der Waals surface area (Å²) in [6.45, 7) is 6.96. The van der Waals surface area contributed by atoms with E-state index < -0.39 is 43.5 Å². The number of thiol groups is 1. The number of carbonyl (C=O) groups is 2. The Labute approximate surface area is 207 Å². The van der Waals surface area contributed by atoms with Crippen molar-refractivity contribution >= 4 is 45.4 Å². The quantitative estimate of drug-likeness (QED) is 0.390. The third-order valence-electron chi connectivity index (χ3n) is 6.66. The highest BCUT2D eigenvalue weighted by Crippen LogP contribution is 2.48. The molecular weight excluding hydrogens is 499 g/mol. The maximum absolute atomic E-state index is 15.2. The van der Waals surface area contributed by atoms with E-state index in [2.05, 4.69) is 30.3 Å². The second-order valence-electron chi connectivity index (χ2n) is 9.27. The van der Waals surface area contributed by atoms with E-state index in [4.69, 9.17) is 11.6 Å². The first-order chi connectivity index (χ1) is 16.3. The van der Waals surface area contributed by atoms with Crippen molar-refractivity contribution in [1.82, 2.24) is 20.0 Å². The highest BCUT2D eigenvalue weighted by molar-refractivity contribution is 8.04. The Kier molecular flexibility index (Phi) is 6.18. The van der Waals surface area contributed by atoms with Crippen LogP contribution >= 0.6 is 11.6 Å². The summed E-state index contributed by atoms with van der Waals surface area (Å²) in [5, 5.41) is 14.0. The summed E-state index contributed by atoms with van der Waals surface area (Å²) in [5.74, 6) is -1.29. The topological polar surface area (TPSA) is 146 Å². The van der Waals surface area contributed by atoms with Crippen LogP contribution in [0.4, 0.5) is 15.0 Å². The van der Waals surface area contributed by atoms with Gasteiger partial charge in [0.15, 0.2) is 0 Å². The summed E-state index contributed by atoms with van der Waals surface area (Å²) >= 11 is 5.91. The number of fused-ring (bicyclic) bond motifs is 1. The van der Waals surface area contributed by atoms with Crippen LogP contribution in [0.3, 0.4) is 0 Å². The van der Waals surface area contributed by atoms with E-state index in [9.17, 15) is 18.9 Å². The van der Waals surface area contributed by atoms with Crippen molar-refractivity contribution in [2.45, 2.75) is 49.7 Å². The Morgan fingerprint density at radius 3 is 2.66 bits per heavy atom. The molecule has 1 fully saturated rings. The standard InChI is InChI=1S/C22H26ClFN6O4S/c1-11-9-12(23)10-25-16(11)18(31)28-15-6-5-13(24)17(27-15)22(4)14-7-8-26-35(14,34)21(2,3)19(30-22)29-20(32)33/h5-6,9-10,14,35H,7-8H2,1-4H3,(H,26,34)(H,29,30)(H,32,33)(H,27,28,31)/t14-,22-/m0/s1. The van der Waals surface area contributed by atoms with Gasteiger partial charge in [0.05, 0.1) is 15.0 Å². The third kappa shape index (κ3) is 4.09. The van der Waals surface area contributed by atoms with Crippen LogP contribution in [-0.4, -0.2) is 53.7 Å². The molecule has 2 amide bonds. The van der Waals surface area contributed by atoms with Gasteiger partial charge in [-0.3, -0.25) is 24.0 Å². The van der Waals surface area contributed by atoms with Crippen LogP contribution in [0.15, 0.2) is 29.4 Å². The first-order valence-corrected chi connectivity index (χ1v) is 13.0. The van der Waals surface area contributed by atoms with Gasteiger partial charge in [-0.2, -0.15) is 0 Å². The van der Waals surface area contributed by atoms with Crippen molar-refractivity contribution in [2.24, 2.45) is 4.99 Å². The van der Waals surface area contributed by atoms with E-state index in [-0.39, 0.29) is 23.0 Å². The van der Waals surface area contributed by atoms with E-state index in [1.807, 2.05) is 0 Å². The molecule has 2 aliphatic heterocycles. The zero-order chi connectivity index (χ0) is 25.8. The van der Waals surface area contributed by atoms with Gasteiger partial charge in [0.2, 0.25) is 0 Å². The Balaban J connectivity index is 1.79. The lowest BCUT2D eigenvalue weighted by molar-refractivity contribution is 0.102. The molecule has 0 saturated carbocycles. The molecule has 13 heteroatoms. The summed E-state index contributed by atoms with van der Waals surface area (Å²) < 4.78 is 31.3. The number of amidine groups is 1. The number of aromatic nitrogens is 2. The summed E-state index contributed by atoms with van der Waals surface area (Å²) in [4.78, 5) is 37.2. The van der Waals surface area contributed by atoms with Crippen molar-refractivity contribution in [2.75, 3.05) is 11.9 Å². The number of aryl methyl sites for hydroxylation is 1. The number of nitrogens with zero attached hydrogens (tertiary/aromatic N) is 3. The molecule has 0 radical (unpaired) electrons. The van der Waals surface area contributed by atoms with Crippen LogP contribution in [0.1, 0.15) is 48.9 Å². The molecule has 188 valence electrons. The number of anilines is 1. The first kappa shape index (κ1) is 25.1. The average molecular weight is 525 g/mol. The molecule has 2 aliphatic rings. The van der Waals surface area contributed by atoms with Gasteiger partial charge in [0, 0.05) is 12.7 Å². The maximum Gasteiger partial charge on any atom is 0.410 e. The number of hydrogen-bond donors (Lipinski definition) is 5. The number of rotatable bonds is 3. The molecule has 2 atom stereocenters. The van der Waals surface area contributed by atoms with E-state index in [1.54, 1.807) is 33.8 Å². The zero-order valence-corrected chi connectivity index (χ0v) is 21.2. The molecule has 0 spiro atoms. The van der Waals surface area contributed by atoms with Crippen LogP contribution in [-0.2, 0) is 15.7 Å². The maximum atomic E-state index is 15.2. The van der Waals surface area contributed by atoms with Crippen LogP contribution in [0, 0.1) is 12.7 Å². The molecule has 2 aromatic heterocycles. The van der Waals surface area contributed by atoms with Gasteiger partial charge in [0.1, 0.15) is 34.4 Å². The third-order valence-corrected chi connectivity index (χ3v) is 11.1. The Bertz CT molecular complexity index is 1320. The van der Waals surface area contributed by atoms with Gasteiger partial charge >= 0.3 is 6.09 Å². The summed E-state index contributed by atoms with van der Waals surface area (Å²) in [6.07, 6.45) is 0.393. The lowest BCUT2D eigenvalue weighted by atomic mass is 9.89. The molecule has 0 aliphatic carbocycles. The van der Waals surface area contributed by atoms with Crippen LogP contribution in [0.5, 0.6) is 0 Å². The van der Waals surface area contributed by atoms with Crippen molar-refractivity contribution in [3.8, 4) is 0 Å². The van der Waals surface area contributed by atoms with Gasteiger partial charge < -0.3 is 10.4 Å². The van der Waals surface area contributed by atoms with Crippen molar-refractivity contribution in [3.63, 3.8) is 0 Å². The molecule has 0 aromatic carbocycles. The fourth-order valence-electron chi connectivity index (χ4n) is 4.80. The predicted octanol–water partition coefficient (Wildman–Crippen LogP) is 2.80. The molecule has 0 bridgehead atoms. The van der Waals surface area contributed by atoms with Crippen molar-refractivity contribution in [3.05, 3.63) is 52.2 Å². The highest BCUT2D eigenvalue weighted by Gasteiger charge is 2.59. The average Bonchev–Trinajstić information content (AvgIpc) is 3.18. The SMILES string of the molecule is Cc1cc(Cl)cnc1C(=O)Nc1ccc(F)c([C@@]2(C)N=C(NC(=O)O)C(C)(C)[SH]3(=O)NCC[C@@H]23)n1. The minimum atomic E-state index is -3.32. The van der Waals surface area contributed by atoms with Gasteiger partial charge in [0.25, 0.3) is 5.91 Å². The highest BCUT2D eigenvalue weighted by atomic mass is 35.5. The molecular formula is C22H26ClFN6O4S. The fourth-order valence-corrected chi connectivity index (χ4v) is 8.67. The number of carboxylic acid groups (broad SMARTS) is 1. The minimum Gasteiger partial charge on any atom is -0.465 e. The normalized spacial score (nSPS) is 25.2. The number of hydrogen-bond acceptors (Lipinski definition) is 6. The van der Waals surface area contributed by atoms with Crippen molar-refractivity contribution in [1.29, 1.82) is 0 Å². The number of halogens is 2. The number of amides is 2. The predicted molar refractivity (Wildman–Crippen MR) is 132 cm³/mol. The Morgan fingerprint density at radius 2 is 2.00 bits per heavy atom. The number of carbonyl (C=O) groups excluding carboxylic acids is 1. The Morgan fingerprint density at radius 1 is 1.29 bits per heavy atom. The molecule has 1 saturated heterocycles. The number of aliphatic imine (C=N–C) groups is 1. The number of pyridine rings is 2. The van der Waals surface area contributed by atoms with Gasteiger partial charge in [-0.15, -0.1) is 0 Å². The molecule has 4 heterocycles. The van der Waals surface area contributed by atoms with E-state index >= 15 is 4.39 Å². The Hall–Kier alpha value is -2.96. The molecule has 4 rings (SSSR count). The van der Waals surface area contributed by atoms with Crippen LogP contribution in [0.2, 0.25) is 5.02 Å². The van der Waals surface area contributed by atoms with Gasteiger partial charge in [-0.25, -0.2) is 19.2 Å². The fraction of sp³-hybridized carbons (Fsp3) is 0.409. The van der Waals surface area contributed by atoms with E-state index in [0.717, 1.165) is 6.07 Å². The minimum absolute atomic E-state index is 0.0392. The van der Waals surface area contributed by atoms with Crippen molar-refractivity contribution < 1.29 is 23.3 Å². The largest absolute Gasteiger partial charge is 0.465 e. The smallest absolute Gasteiger partial charge is 0.410 e. The van der Waals surface area contributed by atoms with Crippen LogP contribution in [0.25, 0.3) is 0 Å². The second-order valence-corrected chi connectivity index (χ2v) is 13.1. The lowest BCUT2D eigenvalue weighted by Crippen LogP contribution is -2.66. The monoisotopic (exact) mass is 524 g/mol. The molecule has 2 aromatic rings. The van der Waals surface area contributed by atoms with Gasteiger partial charge in [-0.1, -0.05) is 11.6 Å². The number of nitrogens with one attached hydrogen (secondary N) is 3. The second kappa shape index (κ2) is 8.61. The van der Waals surface area contributed by atoms with E-state index in [1.165, 1.54) is 12.3 Å². The summed E-state index contributed by atoms with van der Waals surface area (Å²) in [6, 6.07) is 4.02. The zero-order valence-electron chi connectivity index (χ0n) is 19.5. The first-order valence-electron chi connectivity index (χ1n) is 10.9. The van der Waals surface area contributed by atoms with Gasteiger partial charge in [-0.05, 0) is 68.0 Å². The molecule has 10 nitrogen and oxygen atoms in total. The molecule has 0 unspecified atom stereocenters. The lowest BCUT2D eigenvalue weighted by Gasteiger charge is -2.50. The molecule has 4 N–H and O–H groups in total. The van der Waals surface area contributed by atoms with Crippen LogP contribution < -0.4 is 15.4 Å². The summed E-state index contributed by atoms with van der Waals surface area (Å²) in [5.41, 5.74) is -0.940. The van der Waals surface area contributed by atoms with E-state index in [0.29, 0.717) is 23.6 Å². The molecule has 35 heavy (non-hydrogen) atoms.